The molecule has 5 heteroatoms. The largest absolute Gasteiger partial charge is 0.380 e. The summed E-state index contributed by atoms with van der Waals surface area (Å²) < 4.78 is 5.35. The summed E-state index contributed by atoms with van der Waals surface area (Å²) in [5.74, 6) is 0.684. The first kappa shape index (κ1) is 16.6. The van der Waals surface area contributed by atoms with Gasteiger partial charge in [0.25, 0.3) is 0 Å². The summed E-state index contributed by atoms with van der Waals surface area (Å²) in [5.41, 5.74) is 1.16. The highest BCUT2D eigenvalue weighted by Gasteiger charge is 2.05. The van der Waals surface area contributed by atoms with Gasteiger partial charge in [0, 0.05) is 31.6 Å². The van der Waals surface area contributed by atoms with Gasteiger partial charge in [-0.15, -0.1) is 11.3 Å². The predicted octanol–water partition coefficient (Wildman–Crippen LogP) is 2.36. The minimum absolute atomic E-state index is 0.684. The van der Waals surface area contributed by atoms with Crippen molar-refractivity contribution in [2.45, 2.75) is 33.9 Å². The first-order valence-corrected chi connectivity index (χ1v) is 7.90. The summed E-state index contributed by atoms with van der Waals surface area (Å²) in [5, 5.41) is 6.76. The van der Waals surface area contributed by atoms with Crippen LogP contribution in [0.2, 0.25) is 0 Å². The topological polar surface area (TPSA) is 37.4 Å². The molecule has 0 bridgehead atoms. The lowest BCUT2D eigenvalue weighted by molar-refractivity contribution is 0.120. The first-order chi connectivity index (χ1) is 9.11. The van der Waals surface area contributed by atoms with E-state index in [1.54, 1.807) is 11.3 Å². The molecule has 1 N–H and O–H groups in total. The normalized spacial score (nSPS) is 11.7. The lowest BCUT2D eigenvalue weighted by atomic mass is 10.2. The van der Waals surface area contributed by atoms with Crippen LogP contribution in [0, 0.1) is 5.92 Å². The molecule has 0 saturated heterocycles. The Morgan fingerprint density at radius 2 is 2.26 bits per heavy atom. The van der Waals surface area contributed by atoms with Gasteiger partial charge >= 0.3 is 0 Å². The molecule has 0 radical (unpaired) electrons. The average molecular weight is 285 g/mol. The maximum Gasteiger partial charge on any atom is 0.107 e. The molecule has 1 rings (SSSR count). The van der Waals surface area contributed by atoms with Crippen molar-refractivity contribution in [1.29, 1.82) is 0 Å². The van der Waals surface area contributed by atoms with Crippen LogP contribution in [0.15, 0.2) is 5.38 Å². The molecule has 110 valence electrons. The van der Waals surface area contributed by atoms with Crippen molar-refractivity contribution >= 4 is 11.3 Å². The number of ether oxygens (including phenoxy) is 1. The van der Waals surface area contributed by atoms with Crippen molar-refractivity contribution < 1.29 is 4.74 Å². The fourth-order valence-corrected chi connectivity index (χ4v) is 2.45. The fourth-order valence-electron chi connectivity index (χ4n) is 1.69. The van der Waals surface area contributed by atoms with Crippen molar-refractivity contribution in [3.05, 3.63) is 16.1 Å². The summed E-state index contributed by atoms with van der Waals surface area (Å²) in [7, 11) is 2.11. The van der Waals surface area contributed by atoms with E-state index >= 15 is 0 Å². The number of nitrogens with zero attached hydrogens (tertiary/aromatic N) is 2. The van der Waals surface area contributed by atoms with E-state index in [9.17, 15) is 0 Å². The zero-order chi connectivity index (χ0) is 14.1. The monoisotopic (exact) mass is 285 g/mol. The van der Waals surface area contributed by atoms with E-state index in [1.807, 2.05) is 6.92 Å². The maximum atomic E-state index is 5.35. The SMILES string of the molecule is CCOCCN(C)Cc1csc(CNCC(C)C)n1. The van der Waals surface area contributed by atoms with E-state index in [2.05, 4.69) is 41.5 Å². The van der Waals surface area contributed by atoms with Crippen molar-refractivity contribution in [3.63, 3.8) is 0 Å². The zero-order valence-corrected chi connectivity index (χ0v) is 13.4. The summed E-state index contributed by atoms with van der Waals surface area (Å²) in [6.45, 7) is 11.8. The van der Waals surface area contributed by atoms with Gasteiger partial charge in [0.05, 0.1) is 12.3 Å². The molecule has 1 aromatic rings. The summed E-state index contributed by atoms with van der Waals surface area (Å²) in [6, 6.07) is 0. The van der Waals surface area contributed by atoms with Crippen LogP contribution in [0.4, 0.5) is 0 Å². The van der Waals surface area contributed by atoms with Gasteiger partial charge in [0.15, 0.2) is 0 Å². The molecule has 0 aliphatic rings. The maximum absolute atomic E-state index is 5.35. The molecule has 0 saturated carbocycles. The van der Waals surface area contributed by atoms with Crippen LogP contribution in [0.25, 0.3) is 0 Å². The number of hydrogen-bond donors (Lipinski definition) is 1. The fraction of sp³-hybridized carbons (Fsp3) is 0.786. The molecule has 0 atom stereocenters. The Labute approximate surface area is 121 Å². The Kier molecular flexibility index (Phi) is 8.21. The second-order valence-electron chi connectivity index (χ2n) is 5.19. The van der Waals surface area contributed by atoms with Crippen molar-refractivity contribution in [3.8, 4) is 0 Å². The molecule has 1 heterocycles. The highest BCUT2D eigenvalue weighted by atomic mass is 32.1. The van der Waals surface area contributed by atoms with Crippen molar-refractivity contribution in [2.24, 2.45) is 5.92 Å². The van der Waals surface area contributed by atoms with E-state index in [4.69, 9.17) is 4.74 Å². The minimum atomic E-state index is 0.684. The highest BCUT2D eigenvalue weighted by molar-refractivity contribution is 7.09. The van der Waals surface area contributed by atoms with E-state index in [1.165, 1.54) is 5.01 Å². The second kappa shape index (κ2) is 9.42. The molecule has 0 aromatic carbocycles. The third-order valence-electron chi connectivity index (χ3n) is 2.68. The Hall–Kier alpha value is -0.490. The number of rotatable bonds is 10. The smallest absolute Gasteiger partial charge is 0.107 e. The van der Waals surface area contributed by atoms with Crippen LogP contribution in [0.5, 0.6) is 0 Å². The predicted molar refractivity (Wildman–Crippen MR) is 81.5 cm³/mol. The third kappa shape index (κ3) is 7.62. The summed E-state index contributed by atoms with van der Waals surface area (Å²) in [6.07, 6.45) is 0. The standard InChI is InChI=1S/C14H27N3OS/c1-5-18-7-6-17(4)10-13-11-19-14(16-13)9-15-8-12(2)3/h11-12,15H,5-10H2,1-4H3. The van der Waals surface area contributed by atoms with Crippen LogP contribution in [-0.4, -0.2) is 43.2 Å². The Morgan fingerprint density at radius 3 is 2.95 bits per heavy atom. The number of nitrogens with one attached hydrogen (secondary N) is 1. The molecule has 19 heavy (non-hydrogen) atoms. The van der Waals surface area contributed by atoms with Crippen LogP contribution in [0.1, 0.15) is 31.5 Å². The molecular weight excluding hydrogens is 258 g/mol. The zero-order valence-electron chi connectivity index (χ0n) is 12.6. The van der Waals surface area contributed by atoms with Gasteiger partial charge in [-0.25, -0.2) is 4.98 Å². The molecule has 0 unspecified atom stereocenters. The van der Waals surface area contributed by atoms with E-state index in [-0.39, 0.29) is 0 Å². The molecule has 0 aliphatic carbocycles. The third-order valence-corrected chi connectivity index (χ3v) is 3.58. The van der Waals surface area contributed by atoms with Crippen LogP contribution in [0.3, 0.4) is 0 Å². The van der Waals surface area contributed by atoms with E-state index < -0.39 is 0 Å². The molecule has 0 spiro atoms. The highest BCUT2D eigenvalue weighted by Crippen LogP contribution is 2.11. The number of likely N-dealkylation sites (N-methyl/N-ethyl adjacent to an activating group) is 1. The second-order valence-corrected chi connectivity index (χ2v) is 6.13. The van der Waals surface area contributed by atoms with Crippen LogP contribution in [-0.2, 0) is 17.8 Å². The molecule has 0 amide bonds. The molecular formula is C14H27N3OS. The van der Waals surface area contributed by atoms with Gasteiger partial charge in [0.1, 0.15) is 5.01 Å². The average Bonchev–Trinajstić information content (AvgIpc) is 2.76. The van der Waals surface area contributed by atoms with Gasteiger partial charge in [0.2, 0.25) is 0 Å². The quantitative estimate of drug-likeness (QED) is 0.670. The molecule has 0 aliphatic heterocycles. The van der Waals surface area contributed by atoms with Crippen LogP contribution >= 0.6 is 11.3 Å². The summed E-state index contributed by atoms with van der Waals surface area (Å²) >= 11 is 1.74. The number of thiazole rings is 1. The van der Waals surface area contributed by atoms with Crippen molar-refractivity contribution in [1.82, 2.24) is 15.2 Å². The number of aromatic nitrogens is 1. The molecule has 1 aromatic heterocycles. The van der Waals surface area contributed by atoms with Gasteiger partial charge < -0.3 is 10.1 Å². The number of hydrogen-bond acceptors (Lipinski definition) is 5. The lowest BCUT2D eigenvalue weighted by Crippen LogP contribution is -2.23. The van der Waals surface area contributed by atoms with Gasteiger partial charge in [-0.1, -0.05) is 13.8 Å². The van der Waals surface area contributed by atoms with Gasteiger partial charge in [-0.3, -0.25) is 4.90 Å². The van der Waals surface area contributed by atoms with Gasteiger partial charge in [-0.05, 0) is 26.4 Å². The molecule has 0 fully saturated rings. The van der Waals surface area contributed by atoms with E-state index in [0.717, 1.165) is 45.1 Å². The minimum Gasteiger partial charge on any atom is -0.380 e. The van der Waals surface area contributed by atoms with E-state index in [0.29, 0.717) is 5.92 Å². The van der Waals surface area contributed by atoms with Crippen LogP contribution < -0.4 is 5.32 Å². The summed E-state index contributed by atoms with van der Waals surface area (Å²) in [4.78, 5) is 6.89. The Bertz CT molecular complexity index is 341. The lowest BCUT2D eigenvalue weighted by Gasteiger charge is -2.14. The molecule has 4 nitrogen and oxygen atoms in total. The van der Waals surface area contributed by atoms with Gasteiger partial charge in [-0.2, -0.15) is 0 Å². The van der Waals surface area contributed by atoms with Crippen molar-refractivity contribution in [2.75, 3.05) is 33.4 Å². The Morgan fingerprint density at radius 1 is 1.47 bits per heavy atom. The Balaban J connectivity index is 2.25. The first-order valence-electron chi connectivity index (χ1n) is 7.02.